The van der Waals surface area contributed by atoms with Crippen LogP contribution in [0.15, 0.2) is 53.3 Å². The fraction of sp³-hybridized carbons (Fsp3) is 0.167. The topological polar surface area (TPSA) is 40.5 Å². The zero-order valence-electron chi connectivity index (χ0n) is 12.2. The molecule has 4 heteroatoms. The molecular formula is C18H15NO3. The van der Waals surface area contributed by atoms with Gasteiger partial charge in [-0.05, 0) is 24.3 Å². The van der Waals surface area contributed by atoms with Crippen LogP contribution in [0.25, 0.3) is 16.6 Å². The van der Waals surface area contributed by atoms with Crippen LogP contribution in [0.2, 0.25) is 0 Å². The highest BCUT2D eigenvalue weighted by molar-refractivity contribution is 5.88. The molecule has 0 aliphatic carbocycles. The average Bonchev–Trinajstić information content (AvgIpc) is 3.06. The van der Waals surface area contributed by atoms with E-state index >= 15 is 0 Å². The minimum absolute atomic E-state index is 0.0144. The molecule has 4 nitrogen and oxygen atoms in total. The summed E-state index contributed by atoms with van der Waals surface area (Å²) in [6.07, 6.45) is 0.656. The Balaban J connectivity index is 2.11. The maximum atomic E-state index is 12.9. The summed E-state index contributed by atoms with van der Waals surface area (Å²) in [5.74, 6) is 1.46. The molecule has 0 N–H and O–H groups in total. The third-order valence-corrected chi connectivity index (χ3v) is 4.03. The van der Waals surface area contributed by atoms with E-state index in [2.05, 4.69) is 0 Å². The van der Waals surface area contributed by atoms with Gasteiger partial charge >= 0.3 is 0 Å². The lowest BCUT2D eigenvalue weighted by molar-refractivity contribution is 0.360. The van der Waals surface area contributed by atoms with Crippen molar-refractivity contribution in [2.24, 2.45) is 0 Å². The monoisotopic (exact) mass is 293 g/mol. The fourth-order valence-corrected chi connectivity index (χ4v) is 3.01. The summed E-state index contributed by atoms with van der Waals surface area (Å²) in [4.78, 5) is 12.9. The van der Waals surface area contributed by atoms with E-state index in [0.717, 1.165) is 33.7 Å². The molecule has 0 saturated carbocycles. The molecule has 2 aromatic carbocycles. The number of fused-ring (bicyclic) bond motifs is 3. The average molecular weight is 293 g/mol. The molecule has 4 rings (SSSR count). The quantitative estimate of drug-likeness (QED) is 0.729. The Morgan fingerprint density at radius 1 is 1.14 bits per heavy atom. The maximum absolute atomic E-state index is 12.9. The number of methoxy groups -OCH3 is 1. The summed E-state index contributed by atoms with van der Waals surface area (Å²) in [5, 5.41) is 0.970. The third-order valence-electron chi connectivity index (χ3n) is 4.03. The van der Waals surface area contributed by atoms with Crippen LogP contribution in [0.3, 0.4) is 0 Å². The van der Waals surface area contributed by atoms with Crippen molar-refractivity contribution >= 4 is 10.9 Å². The van der Waals surface area contributed by atoms with Gasteiger partial charge in [-0.25, -0.2) is 0 Å². The molecule has 2 heterocycles. The summed E-state index contributed by atoms with van der Waals surface area (Å²) in [5.41, 5.74) is 2.39. The van der Waals surface area contributed by atoms with E-state index < -0.39 is 0 Å². The predicted molar refractivity (Wildman–Crippen MR) is 85.3 cm³/mol. The molecule has 0 atom stereocenters. The first-order chi connectivity index (χ1) is 10.8. The lowest BCUT2D eigenvalue weighted by atomic mass is 10.1. The second-order valence-corrected chi connectivity index (χ2v) is 5.27. The van der Waals surface area contributed by atoms with Crippen LogP contribution in [0.4, 0.5) is 0 Å². The van der Waals surface area contributed by atoms with Gasteiger partial charge in [-0.3, -0.25) is 9.36 Å². The Labute approximate surface area is 127 Å². The molecule has 22 heavy (non-hydrogen) atoms. The molecule has 110 valence electrons. The van der Waals surface area contributed by atoms with Gasteiger partial charge in [-0.2, -0.15) is 0 Å². The Morgan fingerprint density at radius 2 is 2.00 bits per heavy atom. The summed E-state index contributed by atoms with van der Waals surface area (Å²) >= 11 is 0. The number of pyridine rings is 1. The van der Waals surface area contributed by atoms with Gasteiger partial charge in [-0.1, -0.05) is 18.2 Å². The van der Waals surface area contributed by atoms with Crippen LogP contribution in [-0.2, 0) is 6.42 Å². The minimum atomic E-state index is -0.0144. The summed E-state index contributed by atoms with van der Waals surface area (Å²) < 4.78 is 12.7. The molecule has 0 amide bonds. The normalized spacial score (nSPS) is 13.0. The first-order valence-corrected chi connectivity index (χ1v) is 7.23. The van der Waals surface area contributed by atoms with Gasteiger partial charge in [0.2, 0.25) is 0 Å². The van der Waals surface area contributed by atoms with Gasteiger partial charge in [0, 0.05) is 17.9 Å². The number of rotatable bonds is 2. The van der Waals surface area contributed by atoms with E-state index in [9.17, 15) is 4.79 Å². The van der Waals surface area contributed by atoms with Crippen molar-refractivity contribution in [3.63, 3.8) is 0 Å². The molecule has 0 fully saturated rings. The van der Waals surface area contributed by atoms with Crippen molar-refractivity contribution in [1.82, 2.24) is 4.57 Å². The smallest absolute Gasteiger partial charge is 0.262 e. The van der Waals surface area contributed by atoms with E-state index in [1.807, 2.05) is 48.5 Å². The second-order valence-electron chi connectivity index (χ2n) is 5.27. The predicted octanol–water partition coefficient (Wildman–Crippen LogP) is 2.93. The number of hydrogen-bond donors (Lipinski definition) is 0. The molecule has 0 saturated heterocycles. The maximum Gasteiger partial charge on any atom is 0.262 e. The Kier molecular flexibility index (Phi) is 2.89. The first kappa shape index (κ1) is 13.0. The number of ether oxygens (including phenoxy) is 2. The Hall–Kier alpha value is -2.75. The summed E-state index contributed by atoms with van der Waals surface area (Å²) in [6, 6.07) is 15.4. The highest BCUT2D eigenvalue weighted by atomic mass is 16.5. The van der Waals surface area contributed by atoms with E-state index in [4.69, 9.17) is 9.47 Å². The van der Waals surface area contributed by atoms with Crippen LogP contribution >= 0.6 is 0 Å². The molecule has 1 aliphatic heterocycles. The molecule has 1 aliphatic rings. The van der Waals surface area contributed by atoms with Crippen LogP contribution in [0.1, 0.15) is 5.56 Å². The number of hydrogen-bond acceptors (Lipinski definition) is 3. The van der Waals surface area contributed by atoms with Gasteiger partial charge in [-0.15, -0.1) is 0 Å². The highest BCUT2D eigenvalue weighted by Gasteiger charge is 2.22. The van der Waals surface area contributed by atoms with Gasteiger partial charge in [0.1, 0.15) is 11.5 Å². The third kappa shape index (κ3) is 1.80. The molecule has 0 bridgehead atoms. The molecular weight excluding hydrogens is 278 g/mol. The van der Waals surface area contributed by atoms with Crippen molar-refractivity contribution in [3.8, 4) is 17.2 Å². The largest absolute Gasteiger partial charge is 0.497 e. The first-order valence-electron chi connectivity index (χ1n) is 7.23. The molecule has 0 unspecified atom stereocenters. The lowest BCUT2D eigenvalue weighted by Gasteiger charge is -2.14. The van der Waals surface area contributed by atoms with E-state index in [1.165, 1.54) is 0 Å². The van der Waals surface area contributed by atoms with Gasteiger partial charge < -0.3 is 9.47 Å². The van der Waals surface area contributed by atoms with E-state index in [-0.39, 0.29) is 5.56 Å². The Morgan fingerprint density at radius 3 is 2.86 bits per heavy atom. The van der Waals surface area contributed by atoms with Crippen LogP contribution < -0.4 is 15.0 Å². The van der Waals surface area contributed by atoms with Gasteiger partial charge in [0.25, 0.3) is 5.56 Å². The van der Waals surface area contributed by atoms with Crippen LogP contribution in [0.5, 0.6) is 11.5 Å². The number of benzene rings is 2. The summed E-state index contributed by atoms with van der Waals surface area (Å²) in [6.45, 7) is 0.566. The van der Waals surface area contributed by atoms with Crippen molar-refractivity contribution in [2.75, 3.05) is 13.7 Å². The number of para-hydroxylation sites is 1. The SMILES string of the molecule is COc1cccc(-n2c(=O)c3c(c4ccccc42)OCC3)c1. The van der Waals surface area contributed by atoms with Crippen LogP contribution in [0, 0.1) is 0 Å². The van der Waals surface area contributed by atoms with Crippen LogP contribution in [-0.4, -0.2) is 18.3 Å². The van der Waals surface area contributed by atoms with Crippen molar-refractivity contribution in [3.05, 3.63) is 64.4 Å². The molecule has 3 aromatic rings. The second kappa shape index (κ2) is 4.91. The highest BCUT2D eigenvalue weighted by Crippen LogP contribution is 2.32. The van der Waals surface area contributed by atoms with Gasteiger partial charge in [0.05, 0.1) is 30.5 Å². The molecule has 1 aromatic heterocycles. The van der Waals surface area contributed by atoms with E-state index in [1.54, 1.807) is 11.7 Å². The molecule has 0 radical (unpaired) electrons. The zero-order chi connectivity index (χ0) is 15.1. The number of aromatic nitrogens is 1. The van der Waals surface area contributed by atoms with Crippen molar-refractivity contribution in [2.45, 2.75) is 6.42 Å². The zero-order valence-corrected chi connectivity index (χ0v) is 12.2. The van der Waals surface area contributed by atoms with Gasteiger partial charge in [0.15, 0.2) is 0 Å². The lowest BCUT2D eigenvalue weighted by Crippen LogP contribution is -2.21. The number of nitrogens with zero attached hydrogens (tertiary/aromatic N) is 1. The minimum Gasteiger partial charge on any atom is -0.497 e. The van der Waals surface area contributed by atoms with E-state index in [0.29, 0.717) is 13.0 Å². The van der Waals surface area contributed by atoms with Crippen molar-refractivity contribution in [1.29, 1.82) is 0 Å². The molecule has 0 spiro atoms. The Bertz CT molecular complexity index is 927. The summed E-state index contributed by atoms with van der Waals surface area (Å²) in [7, 11) is 1.62. The fourth-order valence-electron chi connectivity index (χ4n) is 3.01. The standard InChI is InChI=1S/C18H15NO3/c1-21-13-6-4-5-12(11-13)19-16-8-3-2-7-14(16)17-15(18(19)20)9-10-22-17/h2-8,11H,9-10H2,1H3. The van der Waals surface area contributed by atoms with Crippen molar-refractivity contribution < 1.29 is 9.47 Å².